The van der Waals surface area contributed by atoms with Crippen LogP contribution in [-0.2, 0) is 27.4 Å². The Morgan fingerprint density at radius 3 is 2.37 bits per heavy atom. The summed E-state index contributed by atoms with van der Waals surface area (Å²) in [5.41, 5.74) is 2.05. The summed E-state index contributed by atoms with van der Waals surface area (Å²) in [7, 11) is -4.05. The molecule has 1 fully saturated rings. The van der Waals surface area contributed by atoms with Crippen LogP contribution in [0.5, 0.6) is 0 Å². The van der Waals surface area contributed by atoms with Gasteiger partial charge in [-0.2, -0.15) is 13.2 Å². The number of pyridine rings is 1. The average Bonchev–Trinajstić information content (AvgIpc) is 2.95. The van der Waals surface area contributed by atoms with Crippen LogP contribution in [0.25, 0.3) is 0 Å². The molecule has 13 heteroatoms. The molecule has 1 N–H and O–H groups in total. The zero-order valence-corrected chi connectivity index (χ0v) is 23.8. The molecule has 41 heavy (non-hydrogen) atoms. The predicted octanol–water partition coefficient (Wildman–Crippen LogP) is 5.54. The highest BCUT2D eigenvalue weighted by atomic mass is 35.5. The fraction of sp³-hybridized carbons (Fsp3) is 0.357. The lowest BCUT2D eigenvalue weighted by atomic mass is 10.00. The lowest BCUT2D eigenvalue weighted by molar-refractivity contribution is -0.137. The van der Waals surface area contributed by atoms with Crippen LogP contribution < -0.4 is 14.5 Å². The molecular formula is C28H33ClF3N5O3S. The highest BCUT2D eigenvalue weighted by molar-refractivity contribution is 7.92. The summed E-state index contributed by atoms with van der Waals surface area (Å²) in [4.78, 5) is 23.0. The monoisotopic (exact) mass is 611 g/mol. The van der Waals surface area contributed by atoms with Gasteiger partial charge in [-0.1, -0.05) is 11.6 Å². The number of amides is 1. The van der Waals surface area contributed by atoms with Crippen molar-refractivity contribution in [2.45, 2.75) is 36.9 Å². The highest BCUT2D eigenvalue weighted by Gasteiger charge is 2.32. The van der Waals surface area contributed by atoms with E-state index < -0.39 is 21.8 Å². The number of halogens is 4. The van der Waals surface area contributed by atoms with Crippen LogP contribution in [0.15, 0.2) is 65.7 Å². The molecule has 8 nitrogen and oxygen atoms in total. The van der Waals surface area contributed by atoms with Gasteiger partial charge in [0.25, 0.3) is 10.0 Å². The zero-order chi connectivity index (χ0) is 29.4. The largest absolute Gasteiger partial charge is 0.417 e. The van der Waals surface area contributed by atoms with E-state index in [0.717, 1.165) is 48.5 Å². The van der Waals surface area contributed by atoms with Crippen LogP contribution in [0.1, 0.15) is 27.3 Å². The smallest absolute Gasteiger partial charge is 0.368 e. The lowest BCUT2D eigenvalue weighted by Crippen LogP contribution is -2.55. The van der Waals surface area contributed by atoms with Gasteiger partial charge in [-0.3, -0.25) is 9.52 Å². The number of hydrogen-bond acceptors (Lipinski definition) is 6. The van der Waals surface area contributed by atoms with Crippen LogP contribution in [0, 0.1) is 0 Å². The molecule has 1 atom stereocenters. The SMILES string of the molecule is C[C@H](C(=O)N1CCN(c2ccc(S(=O)(=O)Nc3ccc(C(F)(F)F)cn3)cc2)CC1)N1CCCc2cc(Cl)ccc21.[HH].[HH]. The van der Waals surface area contributed by atoms with Crippen molar-refractivity contribution in [3.05, 3.63) is 76.9 Å². The van der Waals surface area contributed by atoms with Gasteiger partial charge in [0, 0.05) is 58.2 Å². The maximum absolute atomic E-state index is 13.4. The maximum Gasteiger partial charge on any atom is 0.417 e. The molecule has 222 valence electrons. The molecular weight excluding hydrogens is 579 g/mol. The van der Waals surface area contributed by atoms with Gasteiger partial charge in [-0.25, -0.2) is 13.4 Å². The van der Waals surface area contributed by atoms with Crippen molar-refractivity contribution in [2.24, 2.45) is 0 Å². The second-order valence-corrected chi connectivity index (χ2v) is 12.2. The molecule has 1 amide bonds. The standard InChI is InChI=1S/C28H29ClF3N5O3S.2H2/c1-19(37-12-2-3-20-17-22(29)5-10-25(20)37)27(38)36-15-13-35(14-16-36)23-6-8-24(9-7-23)41(39,40)34-26-11-4-21(18-33-26)28(30,31)32;;/h4-11,17-19H,2-3,12-16H2,1H3,(H,33,34);2*1H/t19-;;/m1../s1. The molecule has 2 aliphatic heterocycles. The number of sulfonamides is 1. The number of nitrogens with zero attached hydrogens (tertiary/aromatic N) is 4. The molecule has 0 spiro atoms. The molecule has 2 aromatic carbocycles. The average molecular weight is 612 g/mol. The number of piperazine rings is 1. The normalized spacial score (nSPS) is 16.8. The number of carbonyl (C=O) groups excluding carboxylic acids is 1. The Balaban J connectivity index is 0.00000253. The van der Waals surface area contributed by atoms with Crippen molar-refractivity contribution in [2.75, 3.05) is 47.2 Å². The summed E-state index contributed by atoms with van der Waals surface area (Å²) in [5, 5.41) is 0.693. The Morgan fingerprint density at radius 1 is 1.02 bits per heavy atom. The summed E-state index contributed by atoms with van der Waals surface area (Å²) < 4.78 is 65.9. The molecule has 1 aromatic heterocycles. The van der Waals surface area contributed by atoms with E-state index >= 15 is 0 Å². The summed E-state index contributed by atoms with van der Waals surface area (Å²) >= 11 is 6.17. The van der Waals surface area contributed by atoms with E-state index in [9.17, 15) is 26.4 Å². The van der Waals surface area contributed by atoms with Gasteiger partial charge in [-0.05, 0) is 79.9 Å². The molecule has 5 rings (SSSR count). The van der Waals surface area contributed by atoms with Crippen LogP contribution in [0.4, 0.5) is 30.4 Å². The Hall–Kier alpha value is -3.51. The minimum absolute atomic E-state index is 0. The Labute approximate surface area is 244 Å². The van der Waals surface area contributed by atoms with Gasteiger partial charge in [0.15, 0.2) is 0 Å². The summed E-state index contributed by atoms with van der Waals surface area (Å²) in [6, 6.07) is 13.4. The number of anilines is 3. The van der Waals surface area contributed by atoms with Crippen LogP contribution in [-0.4, -0.2) is 63.0 Å². The fourth-order valence-electron chi connectivity index (χ4n) is 5.23. The number of alkyl halides is 3. The third-order valence-electron chi connectivity index (χ3n) is 7.45. The molecule has 2 aliphatic rings. The van der Waals surface area contributed by atoms with Gasteiger partial charge in [0.05, 0.1) is 10.5 Å². The second kappa shape index (κ2) is 11.4. The Bertz CT molecular complexity index is 1520. The molecule has 3 aromatic rings. The number of carbonyl (C=O) groups is 1. The first-order chi connectivity index (χ1) is 19.4. The third kappa shape index (κ3) is 6.38. The van der Waals surface area contributed by atoms with Gasteiger partial charge >= 0.3 is 6.18 Å². The molecule has 1 saturated heterocycles. The number of aryl methyl sites for hydroxylation is 1. The van der Waals surface area contributed by atoms with E-state index in [1.165, 1.54) is 12.1 Å². The van der Waals surface area contributed by atoms with Crippen molar-refractivity contribution in [3.63, 3.8) is 0 Å². The topological polar surface area (TPSA) is 85.8 Å². The Kier molecular flexibility index (Phi) is 8.06. The molecule has 0 saturated carbocycles. The van der Waals surface area contributed by atoms with Crippen LogP contribution in [0.2, 0.25) is 5.02 Å². The first-order valence-corrected chi connectivity index (χ1v) is 15.0. The maximum atomic E-state index is 13.4. The first-order valence-electron chi connectivity index (χ1n) is 13.2. The second-order valence-electron chi connectivity index (χ2n) is 10.1. The summed E-state index contributed by atoms with van der Waals surface area (Å²) in [5.74, 6) is -0.147. The zero-order valence-electron chi connectivity index (χ0n) is 22.2. The van der Waals surface area contributed by atoms with E-state index in [-0.39, 0.29) is 25.5 Å². The van der Waals surface area contributed by atoms with Gasteiger partial charge < -0.3 is 14.7 Å². The Morgan fingerprint density at radius 2 is 1.73 bits per heavy atom. The van der Waals surface area contributed by atoms with E-state index in [1.54, 1.807) is 12.1 Å². The molecule has 3 heterocycles. The van der Waals surface area contributed by atoms with Gasteiger partial charge in [-0.15, -0.1) is 0 Å². The lowest BCUT2D eigenvalue weighted by Gasteiger charge is -2.41. The number of nitrogens with one attached hydrogen (secondary N) is 1. The third-order valence-corrected chi connectivity index (χ3v) is 9.06. The molecule has 0 radical (unpaired) electrons. The number of aromatic nitrogens is 1. The highest BCUT2D eigenvalue weighted by Crippen LogP contribution is 2.32. The number of benzene rings is 2. The van der Waals surface area contributed by atoms with Crippen molar-refractivity contribution in [3.8, 4) is 0 Å². The fourth-order valence-corrected chi connectivity index (χ4v) is 6.44. The van der Waals surface area contributed by atoms with Crippen molar-refractivity contribution < 1.29 is 29.2 Å². The number of fused-ring (bicyclic) bond motifs is 1. The summed E-state index contributed by atoms with van der Waals surface area (Å²) in [6.07, 6.45) is -2.09. The number of rotatable bonds is 6. The molecule has 0 aliphatic carbocycles. The first kappa shape index (κ1) is 29.0. The molecule has 0 bridgehead atoms. The summed E-state index contributed by atoms with van der Waals surface area (Å²) in [6.45, 7) is 4.98. The van der Waals surface area contributed by atoms with Crippen molar-refractivity contribution >= 4 is 44.7 Å². The molecule has 0 unspecified atom stereocenters. The van der Waals surface area contributed by atoms with Gasteiger partial charge in [0.1, 0.15) is 11.9 Å². The minimum Gasteiger partial charge on any atom is -0.368 e. The predicted molar refractivity (Wildman–Crippen MR) is 156 cm³/mol. The quantitative estimate of drug-likeness (QED) is 0.394. The van der Waals surface area contributed by atoms with E-state index in [1.807, 2.05) is 30.0 Å². The van der Waals surface area contributed by atoms with E-state index in [0.29, 0.717) is 37.4 Å². The van der Waals surface area contributed by atoms with Crippen LogP contribution >= 0.6 is 11.6 Å². The van der Waals surface area contributed by atoms with Crippen LogP contribution in [0.3, 0.4) is 0 Å². The van der Waals surface area contributed by atoms with Crippen molar-refractivity contribution in [1.29, 1.82) is 0 Å². The van der Waals surface area contributed by atoms with E-state index in [4.69, 9.17) is 11.6 Å². The van der Waals surface area contributed by atoms with E-state index in [2.05, 4.69) is 19.5 Å². The minimum atomic E-state index is -4.56. The van der Waals surface area contributed by atoms with Gasteiger partial charge in [0.2, 0.25) is 5.91 Å². The van der Waals surface area contributed by atoms with Crippen molar-refractivity contribution in [1.82, 2.24) is 9.88 Å². The number of hydrogen-bond donors (Lipinski definition) is 1.